The third-order valence-corrected chi connectivity index (χ3v) is 3.38. The van der Waals surface area contributed by atoms with Gasteiger partial charge < -0.3 is 10.1 Å². The predicted molar refractivity (Wildman–Crippen MR) is 62.7 cm³/mol. The molecule has 2 nitrogen and oxygen atoms in total. The smallest absolute Gasteiger partial charge is 0.137 e. The summed E-state index contributed by atoms with van der Waals surface area (Å²) in [4.78, 5) is 0. The van der Waals surface area contributed by atoms with Crippen molar-refractivity contribution in [2.45, 2.75) is 25.8 Å². The molecule has 0 saturated carbocycles. The van der Waals surface area contributed by atoms with Gasteiger partial charge in [-0.25, -0.2) is 0 Å². The van der Waals surface area contributed by atoms with Gasteiger partial charge in [0, 0.05) is 6.04 Å². The highest BCUT2D eigenvalue weighted by Gasteiger charge is 2.22. The quantitative estimate of drug-likeness (QED) is 0.835. The summed E-state index contributed by atoms with van der Waals surface area (Å²) in [6.45, 7) is 3.18. The van der Waals surface area contributed by atoms with Crippen LogP contribution < -0.4 is 10.1 Å². The summed E-state index contributed by atoms with van der Waals surface area (Å²) in [7, 11) is 1.66. The second kappa shape index (κ2) is 4.42. The van der Waals surface area contributed by atoms with E-state index in [2.05, 4.69) is 18.3 Å². The normalized spacial score (nSPS) is 20.6. The molecule has 1 unspecified atom stereocenters. The minimum atomic E-state index is 0.396. The first-order valence-electron chi connectivity index (χ1n) is 5.30. The van der Waals surface area contributed by atoms with Gasteiger partial charge in [0.1, 0.15) is 5.75 Å². The van der Waals surface area contributed by atoms with E-state index in [1.54, 1.807) is 7.11 Å². The van der Waals surface area contributed by atoms with Crippen molar-refractivity contribution >= 4 is 11.6 Å². The fraction of sp³-hybridized carbons (Fsp3) is 0.500. The number of aryl methyl sites for hydroxylation is 1. The van der Waals surface area contributed by atoms with Gasteiger partial charge in [0.15, 0.2) is 0 Å². The molecule has 15 heavy (non-hydrogen) atoms. The Kier molecular flexibility index (Phi) is 3.17. The zero-order valence-electron chi connectivity index (χ0n) is 9.14. The lowest BCUT2D eigenvalue weighted by molar-refractivity contribution is 0.413. The summed E-state index contributed by atoms with van der Waals surface area (Å²) in [5, 5.41) is 4.23. The van der Waals surface area contributed by atoms with E-state index in [0.29, 0.717) is 6.04 Å². The van der Waals surface area contributed by atoms with E-state index in [9.17, 15) is 0 Å². The lowest BCUT2D eigenvalue weighted by Gasteiger charge is -2.17. The maximum atomic E-state index is 6.33. The molecule has 1 aliphatic heterocycles. The average molecular weight is 226 g/mol. The molecule has 0 spiro atoms. The standard InChI is InChI=1S/C12H16ClNO/c1-8-5-6-10(15-2)12(13)11(8)9-4-3-7-14-9/h5-6,9,14H,3-4,7H2,1-2H3. The van der Waals surface area contributed by atoms with E-state index in [-0.39, 0.29) is 0 Å². The number of ether oxygens (including phenoxy) is 1. The molecule has 0 amide bonds. The van der Waals surface area contributed by atoms with Gasteiger partial charge >= 0.3 is 0 Å². The van der Waals surface area contributed by atoms with Gasteiger partial charge in [0.05, 0.1) is 12.1 Å². The van der Waals surface area contributed by atoms with Crippen molar-refractivity contribution in [1.82, 2.24) is 5.32 Å². The fourth-order valence-corrected chi connectivity index (χ4v) is 2.61. The Morgan fingerprint density at radius 3 is 2.87 bits per heavy atom. The maximum absolute atomic E-state index is 6.33. The van der Waals surface area contributed by atoms with Crippen LogP contribution in [0.2, 0.25) is 5.02 Å². The van der Waals surface area contributed by atoms with E-state index in [1.165, 1.54) is 17.5 Å². The third kappa shape index (κ3) is 1.97. The second-order valence-electron chi connectivity index (χ2n) is 3.96. The molecule has 1 aromatic carbocycles. The van der Waals surface area contributed by atoms with Gasteiger partial charge in [0.2, 0.25) is 0 Å². The van der Waals surface area contributed by atoms with E-state index in [0.717, 1.165) is 23.7 Å². The predicted octanol–water partition coefficient (Wildman–Crippen LogP) is 3.08. The molecule has 0 aromatic heterocycles. The van der Waals surface area contributed by atoms with Gasteiger partial charge in [-0.15, -0.1) is 0 Å². The zero-order chi connectivity index (χ0) is 10.8. The Hall–Kier alpha value is -0.730. The highest BCUT2D eigenvalue weighted by Crippen LogP contribution is 2.37. The van der Waals surface area contributed by atoms with Gasteiger partial charge in [0.25, 0.3) is 0 Å². The number of nitrogens with one attached hydrogen (secondary N) is 1. The average Bonchev–Trinajstić information content (AvgIpc) is 2.71. The molecule has 0 bridgehead atoms. The Morgan fingerprint density at radius 1 is 1.47 bits per heavy atom. The molecule has 82 valence electrons. The van der Waals surface area contributed by atoms with Crippen LogP contribution in [-0.2, 0) is 0 Å². The number of rotatable bonds is 2. The Morgan fingerprint density at radius 2 is 2.27 bits per heavy atom. The Balaban J connectivity index is 2.43. The van der Waals surface area contributed by atoms with Crippen molar-refractivity contribution < 1.29 is 4.74 Å². The number of hydrogen-bond acceptors (Lipinski definition) is 2. The highest BCUT2D eigenvalue weighted by molar-refractivity contribution is 6.33. The van der Waals surface area contributed by atoms with Crippen LogP contribution in [0, 0.1) is 6.92 Å². The first kappa shape index (κ1) is 10.8. The van der Waals surface area contributed by atoms with Crippen LogP contribution in [0.3, 0.4) is 0 Å². The number of benzene rings is 1. The molecule has 1 saturated heterocycles. The van der Waals surface area contributed by atoms with E-state index in [4.69, 9.17) is 16.3 Å². The summed E-state index contributed by atoms with van der Waals surface area (Å²) >= 11 is 6.33. The largest absolute Gasteiger partial charge is 0.495 e. The SMILES string of the molecule is COc1ccc(C)c(C2CCCN2)c1Cl. The van der Waals surface area contributed by atoms with Crippen LogP contribution >= 0.6 is 11.6 Å². The number of halogens is 1. The molecular weight excluding hydrogens is 210 g/mol. The number of methoxy groups -OCH3 is 1. The molecule has 1 heterocycles. The topological polar surface area (TPSA) is 21.3 Å². The Labute approximate surface area is 95.6 Å². The molecule has 1 aromatic rings. The summed E-state index contributed by atoms with van der Waals surface area (Å²) in [5.74, 6) is 0.769. The summed E-state index contributed by atoms with van der Waals surface area (Å²) in [6.07, 6.45) is 2.38. The van der Waals surface area contributed by atoms with E-state index in [1.807, 2.05) is 6.07 Å². The molecule has 0 radical (unpaired) electrons. The van der Waals surface area contributed by atoms with Crippen molar-refractivity contribution in [2.75, 3.05) is 13.7 Å². The van der Waals surface area contributed by atoms with Crippen molar-refractivity contribution in [3.63, 3.8) is 0 Å². The van der Waals surface area contributed by atoms with Crippen LogP contribution in [0.5, 0.6) is 5.75 Å². The van der Waals surface area contributed by atoms with Gasteiger partial charge in [-0.2, -0.15) is 0 Å². The minimum Gasteiger partial charge on any atom is -0.495 e. The molecular formula is C12H16ClNO. The molecule has 3 heteroatoms. The second-order valence-corrected chi connectivity index (χ2v) is 4.34. The van der Waals surface area contributed by atoms with Crippen molar-refractivity contribution in [2.24, 2.45) is 0 Å². The number of hydrogen-bond donors (Lipinski definition) is 1. The maximum Gasteiger partial charge on any atom is 0.137 e. The van der Waals surface area contributed by atoms with Crippen molar-refractivity contribution in [3.8, 4) is 5.75 Å². The van der Waals surface area contributed by atoms with Crippen molar-refractivity contribution in [3.05, 3.63) is 28.3 Å². The van der Waals surface area contributed by atoms with E-state index >= 15 is 0 Å². The summed E-state index contributed by atoms with van der Waals surface area (Å²) < 4.78 is 5.24. The van der Waals surface area contributed by atoms with E-state index < -0.39 is 0 Å². The molecule has 1 fully saturated rings. The van der Waals surface area contributed by atoms with Crippen LogP contribution in [0.4, 0.5) is 0 Å². The molecule has 1 N–H and O–H groups in total. The third-order valence-electron chi connectivity index (χ3n) is 2.99. The van der Waals surface area contributed by atoms with Crippen LogP contribution in [-0.4, -0.2) is 13.7 Å². The van der Waals surface area contributed by atoms with Crippen LogP contribution in [0.15, 0.2) is 12.1 Å². The molecule has 1 aliphatic rings. The molecule has 1 atom stereocenters. The first-order chi connectivity index (χ1) is 7.24. The molecule has 0 aliphatic carbocycles. The Bertz CT molecular complexity index is 359. The fourth-order valence-electron chi connectivity index (χ4n) is 2.19. The van der Waals surface area contributed by atoms with Crippen LogP contribution in [0.1, 0.15) is 30.0 Å². The lowest BCUT2D eigenvalue weighted by Crippen LogP contribution is -2.14. The van der Waals surface area contributed by atoms with Gasteiger partial charge in [-0.3, -0.25) is 0 Å². The van der Waals surface area contributed by atoms with Gasteiger partial charge in [-0.05, 0) is 43.5 Å². The minimum absolute atomic E-state index is 0.396. The monoisotopic (exact) mass is 225 g/mol. The summed E-state index contributed by atoms with van der Waals surface area (Å²) in [6, 6.07) is 4.39. The molecule has 2 rings (SSSR count). The zero-order valence-corrected chi connectivity index (χ0v) is 9.90. The van der Waals surface area contributed by atoms with Gasteiger partial charge in [-0.1, -0.05) is 17.7 Å². The first-order valence-corrected chi connectivity index (χ1v) is 5.68. The summed E-state index contributed by atoms with van der Waals surface area (Å²) in [5.41, 5.74) is 2.44. The van der Waals surface area contributed by atoms with Crippen LogP contribution in [0.25, 0.3) is 0 Å². The highest BCUT2D eigenvalue weighted by atomic mass is 35.5. The van der Waals surface area contributed by atoms with Crippen molar-refractivity contribution in [1.29, 1.82) is 0 Å². The lowest BCUT2D eigenvalue weighted by atomic mass is 9.99.